The highest BCUT2D eigenvalue weighted by Gasteiger charge is 2.21. The highest BCUT2D eigenvalue weighted by atomic mass is 16.6. The molecule has 150 valence electrons. The number of hydrogen-bond donors (Lipinski definition) is 2. The number of nitrogens with one attached hydrogen (secondary N) is 2. The van der Waals surface area contributed by atoms with Crippen molar-refractivity contribution in [3.05, 3.63) is 60.9 Å². The molecule has 1 aromatic heterocycles. The lowest BCUT2D eigenvalue weighted by molar-refractivity contribution is 0.0759. The zero-order valence-electron chi connectivity index (χ0n) is 16.0. The number of nitrogens with zero attached hydrogens (tertiary/aromatic N) is 2. The smallest absolute Gasteiger partial charge is 0.323 e. The van der Waals surface area contributed by atoms with Crippen molar-refractivity contribution in [1.82, 2.24) is 9.78 Å². The Balaban J connectivity index is 1.29. The van der Waals surface area contributed by atoms with Crippen LogP contribution in [0.5, 0.6) is 17.2 Å². The first-order chi connectivity index (χ1) is 14.2. The van der Waals surface area contributed by atoms with Crippen LogP contribution in [0.25, 0.3) is 0 Å². The van der Waals surface area contributed by atoms with E-state index in [1.807, 2.05) is 43.3 Å². The van der Waals surface area contributed by atoms with Crippen LogP contribution in [0.2, 0.25) is 0 Å². The molecule has 29 heavy (non-hydrogen) atoms. The number of amides is 2. The molecular weight excluding hydrogens is 372 g/mol. The van der Waals surface area contributed by atoms with E-state index in [4.69, 9.17) is 14.2 Å². The van der Waals surface area contributed by atoms with Gasteiger partial charge >= 0.3 is 6.03 Å². The molecule has 1 aliphatic rings. The molecule has 0 fully saturated rings. The second-order valence-corrected chi connectivity index (χ2v) is 6.49. The zero-order valence-corrected chi connectivity index (χ0v) is 16.0. The summed E-state index contributed by atoms with van der Waals surface area (Å²) >= 11 is 0. The van der Waals surface area contributed by atoms with Crippen LogP contribution in [-0.4, -0.2) is 35.1 Å². The van der Waals surface area contributed by atoms with Gasteiger partial charge in [0.1, 0.15) is 12.4 Å². The number of aromatic nitrogens is 2. The molecule has 1 unspecified atom stereocenters. The standard InChI is InChI=1S/C21H22N4O4/c1-2-27-17-9-7-15(8-10-17)23-21(26)24-16-11-22-25(12-16)13-18-14-28-19-5-3-4-6-20(19)29-18/h3-12,18H,2,13-14H2,1H3,(H2,23,24,26). The first-order valence-electron chi connectivity index (χ1n) is 9.41. The molecule has 0 saturated heterocycles. The Morgan fingerprint density at radius 3 is 2.69 bits per heavy atom. The van der Waals surface area contributed by atoms with Crippen molar-refractivity contribution in [2.75, 3.05) is 23.8 Å². The molecule has 2 heterocycles. The van der Waals surface area contributed by atoms with Crippen LogP contribution in [0.4, 0.5) is 16.2 Å². The first kappa shape index (κ1) is 18.7. The van der Waals surface area contributed by atoms with Gasteiger partial charge in [0.25, 0.3) is 0 Å². The molecule has 2 aromatic carbocycles. The number of benzene rings is 2. The summed E-state index contributed by atoms with van der Waals surface area (Å²) in [6, 6.07) is 14.4. The Hall–Kier alpha value is -3.68. The van der Waals surface area contributed by atoms with Crippen molar-refractivity contribution in [1.29, 1.82) is 0 Å². The van der Waals surface area contributed by atoms with Crippen LogP contribution < -0.4 is 24.8 Å². The second kappa shape index (κ2) is 8.55. The van der Waals surface area contributed by atoms with E-state index >= 15 is 0 Å². The van der Waals surface area contributed by atoms with Gasteiger partial charge in [-0.25, -0.2) is 4.79 Å². The number of ether oxygens (including phenoxy) is 3. The van der Waals surface area contributed by atoms with Crippen molar-refractivity contribution in [3.63, 3.8) is 0 Å². The number of para-hydroxylation sites is 2. The predicted molar refractivity (Wildman–Crippen MR) is 109 cm³/mol. The van der Waals surface area contributed by atoms with Crippen LogP contribution in [0.1, 0.15) is 6.92 Å². The molecule has 0 spiro atoms. The van der Waals surface area contributed by atoms with Gasteiger partial charge in [-0.15, -0.1) is 0 Å². The van der Waals surface area contributed by atoms with Gasteiger partial charge in [0.2, 0.25) is 0 Å². The van der Waals surface area contributed by atoms with E-state index in [-0.39, 0.29) is 12.1 Å². The van der Waals surface area contributed by atoms with Gasteiger partial charge in [0.05, 0.1) is 25.0 Å². The molecule has 4 rings (SSSR count). The van der Waals surface area contributed by atoms with Crippen molar-refractivity contribution >= 4 is 17.4 Å². The third-order valence-electron chi connectivity index (χ3n) is 4.27. The topological polar surface area (TPSA) is 86.6 Å². The Labute approximate surface area is 168 Å². The van der Waals surface area contributed by atoms with E-state index < -0.39 is 0 Å². The van der Waals surface area contributed by atoms with Crippen LogP contribution in [0, 0.1) is 0 Å². The van der Waals surface area contributed by atoms with E-state index in [0.29, 0.717) is 31.1 Å². The van der Waals surface area contributed by atoms with Gasteiger partial charge in [-0.1, -0.05) is 12.1 Å². The summed E-state index contributed by atoms with van der Waals surface area (Å²) in [4.78, 5) is 12.2. The van der Waals surface area contributed by atoms with E-state index in [0.717, 1.165) is 17.2 Å². The Morgan fingerprint density at radius 2 is 1.90 bits per heavy atom. The largest absolute Gasteiger partial charge is 0.494 e. The minimum atomic E-state index is -0.347. The number of anilines is 2. The molecule has 8 nitrogen and oxygen atoms in total. The number of carbonyl (C=O) groups excluding carboxylic acids is 1. The van der Waals surface area contributed by atoms with Gasteiger partial charge < -0.3 is 24.8 Å². The normalized spacial score (nSPS) is 14.9. The zero-order chi connectivity index (χ0) is 20.1. The number of carbonyl (C=O) groups is 1. The fraction of sp³-hybridized carbons (Fsp3) is 0.238. The average Bonchev–Trinajstić information content (AvgIpc) is 3.16. The number of fused-ring (bicyclic) bond motifs is 1. The Bertz CT molecular complexity index is 971. The molecule has 1 atom stereocenters. The van der Waals surface area contributed by atoms with E-state index in [9.17, 15) is 4.79 Å². The third-order valence-corrected chi connectivity index (χ3v) is 4.27. The van der Waals surface area contributed by atoms with Crippen LogP contribution in [0.3, 0.4) is 0 Å². The number of urea groups is 1. The van der Waals surface area contributed by atoms with Crippen LogP contribution >= 0.6 is 0 Å². The lowest BCUT2D eigenvalue weighted by Gasteiger charge is -2.26. The first-order valence-corrected chi connectivity index (χ1v) is 9.41. The summed E-state index contributed by atoms with van der Waals surface area (Å²) < 4.78 is 18.8. The minimum Gasteiger partial charge on any atom is -0.494 e. The van der Waals surface area contributed by atoms with Crippen LogP contribution in [-0.2, 0) is 6.54 Å². The predicted octanol–water partition coefficient (Wildman–Crippen LogP) is 3.77. The fourth-order valence-corrected chi connectivity index (χ4v) is 2.98. The van der Waals surface area contributed by atoms with Crippen molar-refractivity contribution < 1.29 is 19.0 Å². The molecule has 0 bridgehead atoms. The summed E-state index contributed by atoms with van der Waals surface area (Å²) in [5.41, 5.74) is 1.26. The van der Waals surface area contributed by atoms with E-state index in [1.54, 1.807) is 29.2 Å². The summed E-state index contributed by atoms with van der Waals surface area (Å²) in [5.74, 6) is 2.23. The third kappa shape index (κ3) is 4.78. The van der Waals surface area contributed by atoms with Gasteiger partial charge in [-0.2, -0.15) is 5.10 Å². The Morgan fingerprint density at radius 1 is 1.14 bits per heavy atom. The lowest BCUT2D eigenvalue weighted by Crippen LogP contribution is -2.33. The molecule has 3 aromatic rings. The van der Waals surface area contributed by atoms with Crippen molar-refractivity contribution in [2.45, 2.75) is 19.6 Å². The SMILES string of the molecule is CCOc1ccc(NC(=O)Nc2cnn(CC3COc4ccccc4O3)c2)cc1. The maximum atomic E-state index is 12.2. The van der Waals surface area contributed by atoms with E-state index in [2.05, 4.69) is 15.7 Å². The molecule has 0 radical (unpaired) electrons. The molecule has 1 aliphatic heterocycles. The van der Waals surface area contributed by atoms with Crippen molar-refractivity contribution in [2.24, 2.45) is 0 Å². The van der Waals surface area contributed by atoms with Crippen molar-refractivity contribution in [3.8, 4) is 17.2 Å². The van der Waals surface area contributed by atoms with Gasteiger partial charge in [-0.3, -0.25) is 4.68 Å². The maximum absolute atomic E-state index is 12.2. The van der Waals surface area contributed by atoms with Gasteiger partial charge in [0, 0.05) is 11.9 Å². The van der Waals surface area contributed by atoms with Crippen LogP contribution in [0.15, 0.2) is 60.9 Å². The highest BCUT2D eigenvalue weighted by Crippen LogP contribution is 2.31. The second-order valence-electron chi connectivity index (χ2n) is 6.49. The molecule has 0 aliphatic carbocycles. The fourth-order valence-electron chi connectivity index (χ4n) is 2.98. The molecule has 8 heteroatoms. The van der Waals surface area contributed by atoms with E-state index in [1.165, 1.54) is 0 Å². The summed E-state index contributed by atoms with van der Waals surface area (Å²) in [6.07, 6.45) is 3.19. The number of hydrogen-bond acceptors (Lipinski definition) is 5. The number of rotatable bonds is 6. The summed E-state index contributed by atoms with van der Waals surface area (Å²) in [5, 5.41) is 9.82. The average molecular weight is 394 g/mol. The lowest BCUT2D eigenvalue weighted by atomic mass is 10.2. The molecule has 2 N–H and O–H groups in total. The molecule has 2 amide bonds. The van der Waals surface area contributed by atoms with Gasteiger partial charge in [0.15, 0.2) is 17.6 Å². The maximum Gasteiger partial charge on any atom is 0.323 e. The summed E-state index contributed by atoms with van der Waals surface area (Å²) in [7, 11) is 0. The monoisotopic (exact) mass is 394 g/mol. The minimum absolute atomic E-state index is 0.157. The highest BCUT2D eigenvalue weighted by molar-refractivity contribution is 5.99. The Kier molecular flexibility index (Phi) is 5.51. The quantitative estimate of drug-likeness (QED) is 0.665. The molecule has 0 saturated carbocycles. The summed E-state index contributed by atoms with van der Waals surface area (Å²) in [6.45, 7) is 3.47. The molecular formula is C21H22N4O4. The van der Waals surface area contributed by atoms with Gasteiger partial charge in [-0.05, 0) is 43.3 Å².